The lowest BCUT2D eigenvalue weighted by Crippen LogP contribution is -2.20. The van der Waals surface area contributed by atoms with E-state index >= 15 is 0 Å². The van der Waals surface area contributed by atoms with E-state index in [0.717, 1.165) is 25.1 Å². The summed E-state index contributed by atoms with van der Waals surface area (Å²) in [5.41, 5.74) is 2.80. The zero-order valence-electron chi connectivity index (χ0n) is 11.6. The number of benzene rings is 2. The number of hydrogen-bond donors (Lipinski definition) is 1. The summed E-state index contributed by atoms with van der Waals surface area (Å²) < 4.78 is 0. The minimum absolute atomic E-state index is 0.339. The Hall–Kier alpha value is -2.13. The van der Waals surface area contributed by atoms with Crippen LogP contribution in [0.25, 0.3) is 0 Å². The Morgan fingerprint density at radius 1 is 1.00 bits per heavy atom. The average molecular weight is 269 g/mol. The third kappa shape index (κ3) is 4.21. The molecule has 0 atom stereocenters. The Morgan fingerprint density at radius 3 is 2.25 bits per heavy atom. The van der Waals surface area contributed by atoms with E-state index in [-0.39, 0.29) is 0 Å². The van der Waals surface area contributed by atoms with Crippen LogP contribution in [0.2, 0.25) is 0 Å². The smallest absolute Gasteiger partial charge is 0.335 e. The summed E-state index contributed by atoms with van der Waals surface area (Å²) in [6.45, 7) is 1.87. The second kappa shape index (κ2) is 6.87. The van der Waals surface area contributed by atoms with Crippen molar-refractivity contribution in [3.05, 3.63) is 71.3 Å². The van der Waals surface area contributed by atoms with Gasteiger partial charge in [-0.3, -0.25) is 0 Å². The van der Waals surface area contributed by atoms with Crippen molar-refractivity contribution in [3.8, 4) is 0 Å². The number of nitrogens with zero attached hydrogens (tertiary/aromatic N) is 1. The summed E-state index contributed by atoms with van der Waals surface area (Å²) in [5.74, 6) is -0.877. The molecule has 3 heteroatoms. The molecule has 0 bridgehead atoms. The molecule has 2 rings (SSSR count). The number of carbonyl (C=O) groups is 1. The first-order valence-corrected chi connectivity index (χ1v) is 6.70. The van der Waals surface area contributed by atoms with Crippen LogP contribution in [0.4, 0.5) is 0 Å². The van der Waals surface area contributed by atoms with Crippen molar-refractivity contribution in [1.82, 2.24) is 4.90 Å². The van der Waals surface area contributed by atoms with Crippen molar-refractivity contribution in [1.29, 1.82) is 0 Å². The van der Waals surface area contributed by atoms with Crippen molar-refractivity contribution in [2.75, 3.05) is 13.6 Å². The first-order valence-electron chi connectivity index (χ1n) is 6.70. The predicted octanol–water partition coefficient (Wildman–Crippen LogP) is 3.06. The molecule has 0 saturated heterocycles. The minimum atomic E-state index is -0.877. The van der Waals surface area contributed by atoms with Gasteiger partial charge in [0.2, 0.25) is 0 Å². The van der Waals surface area contributed by atoms with Crippen molar-refractivity contribution in [2.24, 2.45) is 0 Å². The zero-order chi connectivity index (χ0) is 14.4. The fraction of sp³-hybridized carbons (Fsp3) is 0.235. The summed E-state index contributed by atoms with van der Waals surface area (Å²) >= 11 is 0. The molecule has 104 valence electrons. The second-order valence-electron chi connectivity index (χ2n) is 4.98. The first-order chi connectivity index (χ1) is 9.65. The second-order valence-corrected chi connectivity index (χ2v) is 4.98. The third-order valence-corrected chi connectivity index (χ3v) is 3.28. The maximum absolute atomic E-state index is 10.8. The van der Waals surface area contributed by atoms with Gasteiger partial charge in [-0.1, -0.05) is 42.5 Å². The molecule has 0 radical (unpaired) electrons. The maximum atomic E-state index is 10.8. The van der Waals surface area contributed by atoms with Gasteiger partial charge in [0.25, 0.3) is 0 Å². The fourth-order valence-corrected chi connectivity index (χ4v) is 2.11. The highest BCUT2D eigenvalue weighted by molar-refractivity contribution is 5.87. The van der Waals surface area contributed by atoms with E-state index in [0.29, 0.717) is 5.56 Å². The van der Waals surface area contributed by atoms with E-state index in [4.69, 9.17) is 5.11 Å². The van der Waals surface area contributed by atoms with Gasteiger partial charge in [0, 0.05) is 13.1 Å². The molecule has 20 heavy (non-hydrogen) atoms. The van der Waals surface area contributed by atoms with Gasteiger partial charge in [-0.15, -0.1) is 0 Å². The highest BCUT2D eigenvalue weighted by atomic mass is 16.4. The maximum Gasteiger partial charge on any atom is 0.335 e. The van der Waals surface area contributed by atoms with E-state index in [1.807, 2.05) is 30.3 Å². The van der Waals surface area contributed by atoms with Crippen LogP contribution in [-0.2, 0) is 13.0 Å². The lowest BCUT2D eigenvalue weighted by molar-refractivity contribution is 0.0697. The van der Waals surface area contributed by atoms with Gasteiger partial charge in [-0.25, -0.2) is 4.79 Å². The highest BCUT2D eigenvalue weighted by Crippen LogP contribution is 2.07. The molecule has 1 N–H and O–H groups in total. The molecule has 0 heterocycles. The molecule has 2 aromatic carbocycles. The van der Waals surface area contributed by atoms with Gasteiger partial charge in [0.15, 0.2) is 0 Å². The molecule has 0 aliphatic carbocycles. The molecule has 0 fully saturated rings. The van der Waals surface area contributed by atoms with Crippen molar-refractivity contribution in [2.45, 2.75) is 13.0 Å². The van der Waals surface area contributed by atoms with Gasteiger partial charge in [-0.05, 0) is 36.7 Å². The molecular formula is C17H19NO2. The average Bonchev–Trinajstić information content (AvgIpc) is 2.46. The SMILES string of the molecule is CN(CCc1ccc(C(=O)O)cc1)Cc1ccccc1. The Morgan fingerprint density at radius 2 is 1.65 bits per heavy atom. The fourth-order valence-electron chi connectivity index (χ4n) is 2.11. The number of carboxylic acids is 1. The van der Waals surface area contributed by atoms with Crippen molar-refractivity contribution in [3.63, 3.8) is 0 Å². The number of rotatable bonds is 6. The van der Waals surface area contributed by atoms with Crippen LogP contribution in [0.1, 0.15) is 21.5 Å². The quantitative estimate of drug-likeness (QED) is 0.876. The van der Waals surface area contributed by atoms with Crippen LogP contribution in [0, 0.1) is 0 Å². The van der Waals surface area contributed by atoms with E-state index in [2.05, 4.69) is 24.1 Å². The van der Waals surface area contributed by atoms with Crippen LogP contribution in [0.15, 0.2) is 54.6 Å². The Labute approximate surface area is 119 Å². The van der Waals surface area contributed by atoms with Gasteiger partial charge >= 0.3 is 5.97 Å². The van der Waals surface area contributed by atoms with Crippen LogP contribution >= 0.6 is 0 Å². The van der Waals surface area contributed by atoms with E-state index in [1.165, 1.54) is 5.56 Å². The van der Waals surface area contributed by atoms with E-state index < -0.39 is 5.97 Å². The van der Waals surface area contributed by atoms with Crippen molar-refractivity contribution < 1.29 is 9.90 Å². The van der Waals surface area contributed by atoms with Gasteiger partial charge in [0.05, 0.1) is 5.56 Å². The zero-order valence-corrected chi connectivity index (χ0v) is 11.6. The third-order valence-electron chi connectivity index (χ3n) is 3.28. The molecule has 0 amide bonds. The van der Waals surface area contributed by atoms with E-state index in [1.54, 1.807) is 12.1 Å². The highest BCUT2D eigenvalue weighted by Gasteiger charge is 2.03. The van der Waals surface area contributed by atoms with Crippen LogP contribution < -0.4 is 0 Å². The number of aromatic carboxylic acids is 1. The summed E-state index contributed by atoms with van der Waals surface area (Å²) in [6, 6.07) is 17.5. The minimum Gasteiger partial charge on any atom is -0.478 e. The molecular weight excluding hydrogens is 250 g/mol. The summed E-state index contributed by atoms with van der Waals surface area (Å²) in [7, 11) is 2.10. The predicted molar refractivity (Wildman–Crippen MR) is 79.9 cm³/mol. The first kappa shape index (κ1) is 14.3. The van der Waals surface area contributed by atoms with Crippen molar-refractivity contribution >= 4 is 5.97 Å². The summed E-state index contributed by atoms with van der Waals surface area (Å²) in [6.07, 6.45) is 0.920. The van der Waals surface area contributed by atoms with Crippen LogP contribution in [0.5, 0.6) is 0 Å². The molecule has 0 aromatic heterocycles. The lowest BCUT2D eigenvalue weighted by atomic mass is 10.1. The largest absolute Gasteiger partial charge is 0.478 e. The normalized spacial score (nSPS) is 10.7. The molecule has 3 nitrogen and oxygen atoms in total. The van der Waals surface area contributed by atoms with Gasteiger partial charge in [-0.2, -0.15) is 0 Å². The Bertz CT molecular complexity index is 549. The van der Waals surface area contributed by atoms with Gasteiger partial charge in [0.1, 0.15) is 0 Å². The van der Waals surface area contributed by atoms with E-state index in [9.17, 15) is 4.79 Å². The number of likely N-dealkylation sites (N-methyl/N-ethyl adjacent to an activating group) is 1. The molecule has 0 unspecified atom stereocenters. The standard InChI is InChI=1S/C17H19NO2/c1-18(13-15-5-3-2-4-6-15)12-11-14-7-9-16(10-8-14)17(19)20/h2-10H,11-13H2,1H3,(H,19,20). The van der Waals surface area contributed by atoms with Gasteiger partial charge < -0.3 is 10.0 Å². The summed E-state index contributed by atoms with van der Waals surface area (Å²) in [4.78, 5) is 13.0. The summed E-state index contributed by atoms with van der Waals surface area (Å²) in [5, 5.41) is 8.85. The number of hydrogen-bond acceptors (Lipinski definition) is 2. The van der Waals surface area contributed by atoms with Crippen LogP contribution in [-0.4, -0.2) is 29.6 Å². The number of carboxylic acid groups (broad SMARTS) is 1. The Balaban J connectivity index is 1.84. The molecule has 0 saturated carbocycles. The van der Waals surface area contributed by atoms with Crippen LogP contribution in [0.3, 0.4) is 0 Å². The molecule has 0 aliphatic rings. The molecule has 2 aromatic rings. The monoisotopic (exact) mass is 269 g/mol. The molecule has 0 spiro atoms. The lowest BCUT2D eigenvalue weighted by Gasteiger charge is -2.16. The molecule has 0 aliphatic heterocycles. The Kier molecular flexibility index (Phi) is 4.91. The topological polar surface area (TPSA) is 40.5 Å².